The summed E-state index contributed by atoms with van der Waals surface area (Å²) in [7, 11) is 1.70. The van der Waals surface area contributed by atoms with Crippen LogP contribution in [-0.4, -0.2) is 53.1 Å². The molecular formula is C11H22N2O3. The Morgan fingerprint density at radius 3 is 2.25 bits per heavy atom. The van der Waals surface area contributed by atoms with Gasteiger partial charge in [-0.1, -0.05) is 13.3 Å². The molecule has 2 amide bonds. The lowest BCUT2D eigenvalue weighted by molar-refractivity contribution is -0.138. The Morgan fingerprint density at radius 1 is 1.31 bits per heavy atom. The van der Waals surface area contributed by atoms with Crippen molar-refractivity contribution in [2.24, 2.45) is 0 Å². The van der Waals surface area contributed by atoms with Gasteiger partial charge in [-0.3, -0.25) is 4.79 Å². The van der Waals surface area contributed by atoms with Crippen LogP contribution in [0.15, 0.2) is 0 Å². The average Bonchev–Trinajstić information content (AvgIpc) is 2.20. The molecule has 0 aliphatic heterocycles. The van der Waals surface area contributed by atoms with Gasteiger partial charge < -0.3 is 14.9 Å². The first-order valence-electron chi connectivity index (χ1n) is 5.63. The zero-order chi connectivity index (χ0) is 12.7. The van der Waals surface area contributed by atoms with Gasteiger partial charge in [-0.25, -0.2) is 4.79 Å². The van der Waals surface area contributed by atoms with Crippen LogP contribution in [-0.2, 0) is 4.79 Å². The number of aliphatic carboxylic acids is 1. The Kier molecular flexibility index (Phi) is 6.53. The summed E-state index contributed by atoms with van der Waals surface area (Å²) in [6.45, 7) is 6.10. The standard InChI is InChI=1S/C11H22N2O3/c1-5-6-7-12(4)11(16)13(9(2)3)8-10(14)15/h9H,5-8H2,1-4H3,(H,14,15). The highest BCUT2D eigenvalue weighted by Gasteiger charge is 2.22. The summed E-state index contributed by atoms with van der Waals surface area (Å²) in [5, 5.41) is 8.73. The van der Waals surface area contributed by atoms with E-state index in [1.54, 1.807) is 11.9 Å². The van der Waals surface area contributed by atoms with E-state index in [0.29, 0.717) is 6.54 Å². The van der Waals surface area contributed by atoms with Gasteiger partial charge in [-0.15, -0.1) is 0 Å². The number of carboxylic acids is 1. The van der Waals surface area contributed by atoms with E-state index in [4.69, 9.17) is 5.11 Å². The fourth-order valence-electron chi connectivity index (χ4n) is 1.33. The Labute approximate surface area is 97.0 Å². The molecule has 0 aliphatic carbocycles. The van der Waals surface area contributed by atoms with Gasteiger partial charge in [-0.2, -0.15) is 0 Å². The third-order valence-electron chi connectivity index (χ3n) is 2.35. The van der Waals surface area contributed by atoms with Crippen LogP contribution in [0.4, 0.5) is 4.79 Å². The molecule has 0 rings (SSSR count). The van der Waals surface area contributed by atoms with E-state index in [9.17, 15) is 9.59 Å². The molecule has 5 nitrogen and oxygen atoms in total. The van der Waals surface area contributed by atoms with Crippen LogP contribution >= 0.6 is 0 Å². The second kappa shape index (κ2) is 7.09. The first kappa shape index (κ1) is 14.7. The topological polar surface area (TPSA) is 60.9 Å². The van der Waals surface area contributed by atoms with Crippen LogP contribution in [0.25, 0.3) is 0 Å². The number of urea groups is 1. The third kappa shape index (κ3) is 5.00. The lowest BCUT2D eigenvalue weighted by Gasteiger charge is -2.29. The monoisotopic (exact) mass is 230 g/mol. The van der Waals surface area contributed by atoms with Gasteiger partial charge in [-0.05, 0) is 20.3 Å². The largest absolute Gasteiger partial charge is 0.480 e. The van der Waals surface area contributed by atoms with Gasteiger partial charge in [0.2, 0.25) is 0 Å². The normalized spacial score (nSPS) is 10.3. The predicted octanol–water partition coefficient (Wildman–Crippen LogP) is 1.63. The van der Waals surface area contributed by atoms with E-state index in [1.165, 1.54) is 4.90 Å². The number of carbonyl (C=O) groups excluding carboxylic acids is 1. The summed E-state index contributed by atoms with van der Waals surface area (Å²) in [6, 6.07) is -0.321. The summed E-state index contributed by atoms with van der Waals surface area (Å²) >= 11 is 0. The zero-order valence-electron chi connectivity index (χ0n) is 10.6. The predicted molar refractivity (Wildman–Crippen MR) is 62.4 cm³/mol. The molecule has 16 heavy (non-hydrogen) atoms. The summed E-state index contributed by atoms with van der Waals surface area (Å²) in [5.41, 5.74) is 0. The van der Waals surface area contributed by atoms with Crippen LogP contribution in [0.1, 0.15) is 33.6 Å². The van der Waals surface area contributed by atoms with E-state index >= 15 is 0 Å². The van der Waals surface area contributed by atoms with Crippen molar-refractivity contribution in [2.75, 3.05) is 20.1 Å². The second-order valence-corrected chi connectivity index (χ2v) is 4.17. The van der Waals surface area contributed by atoms with Crippen LogP contribution in [0.3, 0.4) is 0 Å². The number of amides is 2. The Balaban J connectivity index is 4.42. The van der Waals surface area contributed by atoms with Gasteiger partial charge in [0.15, 0.2) is 0 Å². The van der Waals surface area contributed by atoms with Crippen LogP contribution in [0, 0.1) is 0 Å². The van der Waals surface area contributed by atoms with E-state index in [1.807, 2.05) is 13.8 Å². The van der Waals surface area contributed by atoms with Gasteiger partial charge >= 0.3 is 12.0 Å². The molecular weight excluding hydrogens is 208 g/mol. The minimum atomic E-state index is -0.981. The minimum absolute atomic E-state index is 0.104. The van der Waals surface area contributed by atoms with E-state index in [-0.39, 0.29) is 18.6 Å². The summed E-state index contributed by atoms with van der Waals surface area (Å²) in [4.78, 5) is 25.5. The van der Waals surface area contributed by atoms with E-state index in [0.717, 1.165) is 12.8 Å². The highest BCUT2D eigenvalue weighted by Crippen LogP contribution is 2.04. The number of nitrogens with zero attached hydrogens (tertiary/aromatic N) is 2. The number of hydrogen-bond acceptors (Lipinski definition) is 2. The van der Waals surface area contributed by atoms with Crippen molar-refractivity contribution in [3.63, 3.8) is 0 Å². The molecule has 0 aliphatic rings. The maximum absolute atomic E-state index is 11.9. The number of carboxylic acid groups (broad SMARTS) is 1. The highest BCUT2D eigenvalue weighted by atomic mass is 16.4. The Bertz CT molecular complexity index is 241. The summed E-state index contributed by atoms with van der Waals surface area (Å²) < 4.78 is 0. The lowest BCUT2D eigenvalue weighted by atomic mass is 10.3. The van der Waals surface area contributed by atoms with Crippen molar-refractivity contribution in [1.29, 1.82) is 0 Å². The van der Waals surface area contributed by atoms with Gasteiger partial charge in [0.05, 0.1) is 0 Å². The average molecular weight is 230 g/mol. The number of carbonyl (C=O) groups is 2. The molecule has 0 radical (unpaired) electrons. The molecule has 0 fully saturated rings. The maximum Gasteiger partial charge on any atom is 0.323 e. The molecule has 0 atom stereocenters. The van der Waals surface area contributed by atoms with Crippen molar-refractivity contribution in [3.05, 3.63) is 0 Å². The minimum Gasteiger partial charge on any atom is -0.480 e. The second-order valence-electron chi connectivity index (χ2n) is 4.17. The van der Waals surface area contributed by atoms with Crippen LogP contribution in [0.2, 0.25) is 0 Å². The van der Waals surface area contributed by atoms with Crippen molar-refractivity contribution in [2.45, 2.75) is 39.7 Å². The van der Waals surface area contributed by atoms with Crippen molar-refractivity contribution in [3.8, 4) is 0 Å². The first-order valence-corrected chi connectivity index (χ1v) is 5.63. The molecule has 0 aromatic rings. The van der Waals surface area contributed by atoms with Gasteiger partial charge in [0.1, 0.15) is 6.54 Å². The molecule has 0 saturated carbocycles. The van der Waals surface area contributed by atoms with Crippen LogP contribution in [0.5, 0.6) is 0 Å². The zero-order valence-corrected chi connectivity index (χ0v) is 10.6. The Hall–Kier alpha value is -1.26. The molecule has 0 spiro atoms. The number of rotatable bonds is 6. The molecule has 0 aromatic carbocycles. The molecule has 0 bridgehead atoms. The van der Waals surface area contributed by atoms with Crippen molar-refractivity contribution >= 4 is 12.0 Å². The SMILES string of the molecule is CCCCN(C)C(=O)N(CC(=O)O)C(C)C. The van der Waals surface area contributed by atoms with E-state index < -0.39 is 5.97 Å². The molecule has 0 unspecified atom stereocenters. The fourth-order valence-corrected chi connectivity index (χ4v) is 1.33. The lowest BCUT2D eigenvalue weighted by Crippen LogP contribution is -2.47. The number of hydrogen-bond donors (Lipinski definition) is 1. The summed E-state index contributed by atoms with van der Waals surface area (Å²) in [5.74, 6) is -0.981. The highest BCUT2D eigenvalue weighted by molar-refractivity contribution is 5.80. The van der Waals surface area contributed by atoms with Crippen molar-refractivity contribution < 1.29 is 14.7 Å². The van der Waals surface area contributed by atoms with Crippen LogP contribution < -0.4 is 0 Å². The number of unbranched alkanes of at least 4 members (excludes halogenated alkanes) is 1. The first-order chi connectivity index (χ1) is 7.40. The maximum atomic E-state index is 11.9. The third-order valence-corrected chi connectivity index (χ3v) is 2.35. The van der Waals surface area contributed by atoms with Crippen molar-refractivity contribution in [1.82, 2.24) is 9.80 Å². The van der Waals surface area contributed by atoms with E-state index in [2.05, 4.69) is 6.92 Å². The van der Waals surface area contributed by atoms with Gasteiger partial charge in [0.25, 0.3) is 0 Å². The molecule has 0 heterocycles. The van der Waals surface area contributed by atoms with Gasteiger partial charge in [0, 0.05) is 19.6 Å². The smallest absolute Gasteiger partial charge is 0.323 e. The molecule has 94 valence electrons. The quantitative estimate of drug-likeness (QED) is 0.754. The summed E-state index contributed by atoms with van der Waals surface area (Å²) in [6.07, 6.45) is 1.94. The Morgan fingerprint density at radius 2 is 1.88 bits per heavy atom. The molecule has 5 heteroatoms. The molecule has 0 saturated heterocycles. The molecule has 1 N–H and O–H groups in total. The molecule has 0 aromatic heterocycles. The fraction of sp³-hybridized carbons (Fsp3) is 0.818.